The van der Waals surface area contributed by atoms with Gasteiger partial charge in [0.25, 0.3) is 0 Å². The molecule has 2 heterocycles. The van der Waals surface area contributed by atoms with Gasteiger partial charge in [-0.05, 0) is 13.0 Å². The Morgan fingerprint density at radius 2 is 1.74 bits per heavy atom. The molecule has 13 heteroatoms. The maximum atomic E-state index is 13.3. The van der Waals surface area contributed by atoms with E-state index in [0.717, 1.165) is 0 Å². The second-order valence-electron chi connectivity index (χ2n) is 7.93. The highest BCUT2D eigenvalue weighted by atomic mass is 33.1. The van der Waals surface area contributed by atoms with Gasteiger partial charge in [-0.3, -0.25) is 9.59 Å². The average Bonchev–Trinajstić information content (AvgIpc) is 3.46. The predicted molar refractivity (Wildman–Crippen MR) is 136 cm³/mol. The zero-order valence-corrected chi connectivity index (χ0v) is 21.8. The molecule has 2 aliphatic rings. The normalized spacial score (nSPS) is 24.1. The molecule has 0 saturated carbocycles. The third-order valence-corrected chi connectivity index (χ3v) is 10.8. The van der Waals surface area contributed by atoms with E-state index in [9.17, 15) is 34.5 Å². The first-order valence-corrected chi connectivity index (χ1v) is 15.1. The lowest BCUT2D eigenvalue weighted by Crippen LogP contribution is -2.46. The van der Waals surface area contributed by atoms with Crippen molar-refractivity contribution in [1.82, 2.24) is 9.80 Å². The van der Waals surface area contributed by atoms with Crippen LogP contribution in [0, 0.1) is 5.92 Å². The molecule has 34 heavy (non-hydrogen) atoms. The molecule has 2 amide bonds. The smallest absolute Gasteiger partial charge is 0.327 e. The van der Waals surface area contributed by atoms with Crippen molar-refractivity contribution < 1.29 is 34.5 Å². The lowest BCUT2D eigenvalue weighted by molar-refractivity contribution is -0.148. The van der Waals surface area contributed by atoms with Crippen molar-refractivity contribution >= 4 is 68.9 Å². The van der Waals surface area contributed by atoms with Crippen LogP contribution >= 0.6 is 45.1 Å². The van der Waals surface area contributed by atoms with Crippen LogP contribution in [0.15, 0.2) is 24.3 Å². The summed E-state index contributed by atoms with van der Waals surface area (Å²) in [6, 6.07) is 4.76. The predicted octanol–water partition coefficient (Wildman–Crippen LogP) is 2.81. The molecule has 2 unspecified atom stereocenters. The molecule has 0 aromatic heterocycles. The van der Waals surface area contributed by atoms with Gasteiger partial charge >= 0.3 is 11.9 Å². The Hall–Kier alpha value is -1.70. The Balaban J connectivity index is 1.61. The minimum absolute atomic E-state index is 0.00518. The zero-order valence-electron chi connectivity index (χ0n) is 18.5. The summed E-state index contributed by atoms with van der Waals surface area (Å²) in [7, 11) is 2.58. The van der Waals surface area contributed by atoms with Gasteiger partial charge in [0.15, 0.2) is 0 Å². The third-order valence-electron chi connectivity index (χ3n) is 5.49. The summed E-state index contributed by atoms with van der Waals surface area (Å²) < 4.78 is 0. The number of para-hydroxylation sites is 1. The number of hydrogen-bond donors (Lipinski definition) is 3. The van der Waals surface area contributed by atoms with E-state index < -0.39 is 40.6 Å². The number of phenols is 1. The number of carbonyl (C=O) groups is 4. The second kappa shape index (κ2) is 11.8. The summed E-state index contributed by atoms with van der Waals surface area (Å²) in [5.74, 6) is -1.80. The highest BCUT2D eigenvalue weighted by Gasteiger charge is 2.44. The maximum Gasteiger partial charge on any atom is 0.327 e. The lowest BCUT2D eigenvalue weighted by atomic mass is 10.1. The molecule has 0 spiro atoms. The van der Waals surface area contributed by atoms with E-state index in [0.29, 0.717) is 22.9 Å². The summed E-state index contributed by atoms with van der Waals surface area (Å²) in [5.41, 5.74) is 0.491. The van der Waals surface area contributed by atoms with Crippen LogP contribution in [0.5, 0.6) is 5.75 Å². The van der Waals surface area contributed by atoms with Gasteiger partial charge < -0.3 is 25.1 Å². The Morgan fingerprint density at radius 3 is 2.38 bits per heavy atom. The van der Waals surface area contributed by atoms with Crippen molar-refractivity contribution in [1.29, 1.82) is 0 Å². The van der Waals surface area contributed by atoms with Crippen molar-refractivity contribution in [2.45, 2.75) is 36.6 Å². The average molecular weight is 547 g/mol. The first-order valence-electron chi connectivity index (χ1n) is 10.5. The molecule has 0 aliphatic carbocycles. The molecule has 5 atom stereocenters. The first-order chi connectivity index (χ1) is 16.1. The fourth-order valence-electron chi connectivity index (χ4n) is 3.62. The minimum Gasteiger partial charge on any atom is -0.508 e. The molecule has 186 valence electrons. The number of aliphatic carboxylic acids is 2. The molecule has 3 rings (SSSR count). The highest BCUT2D eigenvalue weighted by molar-refractivity contribution is 8.77. The number of amides is 2. The third kappa shape index (κ3) is 5.92. The van der Waals surface area contributed by atoms with Crippen LogP contribution < -0.4 is 0 Å². The van der Waals surface area contributed by atoms with Gasteiger partial charge in [-0.2, -0.15) is 0 Å². The molecule has 1 aromatic rings. The van der Waals surface area contributed by atoms with Gasteiger partial charge in [0.05, 0.1) is 11.1 Å². The summed E-state index contributed by atoms with van der Waals surface area (Å²) >= 11 is 2.70. The van der Waals surface area contributed by atoms with Gasteiger partial charge in [0.2, 0.25) is 11.8 Å². The number of rotatable bonds is 9. The van der Waals surface area contributed by atoms with Gasteiger partial charge in [-0.1, -0.05) is 46.7 Å². The van der Waals surface area contributed by atoms with E-state index in [1.165, 1.54) is 61.0 Å². The number of benzene rings is 1. The molecule has 0 bridgehead atoms. The SMILES string of the molecule is CC(SSC[C@@H](C)C(=O)N1CSC[C@H]1C(=O)O)C(=O)N1C(c2ccccc2O)SC[C@H]1C(=O)O. The second-order valence-corrected chi connectivity index (χ2v) is 12.8. The largest absolute Gasteiger partial charge is 0.508 e. The molecule has 3 N–H and O–H groups in total. The van der Waals surface area contributed by atoms with Gasteiger partial charge in [-0.25, -0.2) is 9.59 Å². The van der Waals surface area contributed by atoms with Crippen molar-refractivity contribution in [2.24, 2.45) is 5.92 Å². The standard InChI is InChI=1S/C21H26N2O7S4/c1-11(17(25)22-10-31-8-14(22)20(27)28)7-33-34-12(2)18(26)23-15(21(29)30)9-32-19(23)13-5-3-4-6-16(13)24/h3-6,11-12,14-15,19,24H,7-10H2,1-2H3,(H,27,28)(H,29,30)/t11-,12?,14+,15+,19?/m1/s1. The van der Waals surface area contributed by atoms with Crippen LogP contribution in [0.1, 0.15) is 24.8 Å². The number of carboxylic acid groups (broad SMARTS) is 2. The Morgan fingerprint density at radius 1 is 1.06 bits per heavy atom. The molecule has 9 nitrogen and oxygen atoms in total. The van der Waals surface area contributed by atoms with Crippen LogP contribution in [0.25, 0.3) is 0 Å². The number of aromatic hydroxyl groups is 1. The summed E-state index contributed by atoms with van der Waals surface area (Å²) in [4.78, 5) is 51.8. The van der Waals surface area contributed by atoms with Crippen molar-refractivity contribution in [3.8, 4) is 5.75 Å². The number of hydrogen-bond acceptors (Lipinski definition) is 9. The van der Waals surface area contributed by atoms with Crippen molar-refractivity contribution in [3.63, 3.8) is 0 Å². The zero-order chi connectivity index (χ0) is 25.0. The number of carbonyl (C=O) groups excluding carboxylic acids is 2. The summed E-state index contributed by atoms with van der Waals surface area (Å²) in [6.45, 7) is 3.42. The van der Waals surface area contributed by atoms with E-state index in [2.05, 4.69) is 0 Å². The Bertz CT molecular complexity index is 949. The lowest BCUT2D eigenvalue weighted by Gasteiger charge is -2.30. The highest BCUT2D eigenvalue weighted by Crippen LogP contribution is 2.45. The molecule has 1 aromatic carbocycles. The molecular formula is C21H26N2O7S4. The van der Waals surface area contributed by atoms with Crippen LogP contribution in [-0.2, 0) is 19.2 Å². The minimum atomic E-state index is -1.10. The summed E-state index contributed by atoms with van der Waals surface area (Å²) in [5, 5.41) is 28.0. The van der Waals surface area contributed by atoms with Crippen LogP contribution in [0.3, 0.4) is 0 Å². The van der Waals surface area contributed by atoms with E-state index >= 15 is 0 Å². The number of phenolic OH excluding ortho intramolecular Hbond substituents is 1. The Kier molecular flexibility index (Phi) is 9.35. The van der Waals surface area contributed by atoms with E-state index in [1.54, 1.807) is 32.0 Å². The Labute approximate surface area is 213 Å². The van der Waals surface area contributed by atoms with E-state index in [1.807, 2.05) is 0 Å². The molecular weight excluding hydrogens is 521 g/mol. The summed E-state index contributed by atoms with van der Waals surface area (Å²) in [6.07, 6.45) is 0. The van der Waals surface area contributed by atoms with Gasteiger partial charge in [-0.15, -0.1) is 23.5 Å². The monoisotopic (exact) mass is 546 g/mol. The molecule has 2 saturated heterocycles. The van der Waals surface area contributed by atoms with Gasteiger partial charge in [0.1, 0.15) is 23.2 Å². The quantitative estimate of drug-likeness (QED) is 0.395. The van der Waals surface area contributed by atoms with Crippen LogP contribution in [0.4, 0.5) is 0 Å². The topological polar surface area (TPSA) is 135 Å². The van der Waals surface area contributed by atoms with Crippen LogP contribution in [0.2, 0.25) is 0 Å². The fraction of sp³-hybridized carbons (Fsp3) is 0.524. The molecule has 2 aliphatic heterocycles. The van der Waals surface area contributed by atoms with Crippen LogP contribution in [-0.4, -0.2) is 89.3 Å². The maximum absolute atomic E-state index is 13.3. The molecule has 2 fully saturated rings. The first kappa shape index (κ1) is 26.9. The fourth-order valence-corrected chi connectivity index (χ4v) is 8.77. The molecule has 0 radical (unpaired) electrons. The number of thioether (sulfide) groups is 2. The van der Waals surface area contributed by atoms with Crippen molar-refractivity contribution in [3.05, 3.63) is 29.8 Å². The van der Waals surface area contributed by atoms with E-state index in [4.69, 9.17) is 0 Å². The number of carboxylic acids is 2. The van der Waals surface area contributed by atoms with E-state index in [-0.39, 0.29) is 23.3 Å². The van der Waals surface area contributed by atoms with Gasteiger partial charge in [0, 0.05) is 28.7 Å². The number of nitrogens with zero attached hydrogens (tertiary/aromatic N) is 2. The van der Waals surface area contributed by atoms with Crippen molar-refractivity contribution in [2.75, 3.05) is 23.1 Å².